The SMILES string of the molecule is Cc1cc(NS(=O)(=O)c2ccc(C(C)(C)C)cc2)ccc1Oc1cncc(Cl)c1. The highest BCUT2D eigenvalue weighted by molar-refractivity contribution is 7.92. The first-order valence-electron chi connectivity index (χ1n) is 9.07. The van der Waals surface area contributed by atoms with Gasteiger partial charge in [-0.2, -0.15) is 0 Å². The zero-order valence-electron chi connectivity index (χ0n) is 16.7. The maximum Gasteiger partial charge on any atom is 0.261 e. The van der Waals surface area contributed by atoms with Crippen LogP contribution in [0.15, 0.2) is 65.8 Å². The van der Waals surface area contributed by atoms with Gasteiger partial charge in [-0.3, -0.25) is 9.71 Å². The molecule has 0 unspecified atom stereocenters. The Labute approximate surface area is 176 Å². The minimum atomic E-state index is -3.69. The van der Waals surface area contributed by atoms with Crippen LogP contribution >= 0.6 is 11.6 Å². The van der Waals surface area contributed by atoms with Crippen molar-refractivity contribution in [1.82, 2.24) is 4.98 Å². The third-order valence-electron chi connectivity index (χ3n) is 4.37. The van der Waals surface area contributed by atoms with Gasteiger partial charge >= 0.3 is 0 Å². The third kappa shape index (κ3) is 5.28. The Kier molecular flexibility index (Phi) is 5.87. The number of nitrogens with zero attached hydrogens (tertiary/aromatic N) is 1. The normalized spacial score (nSPS) is 11.9. The van der Waals surface area contributed by atoms with Gasteiger partial charge in [0.1, 0.15) is 11.5 Å². The van der Waals surface area contributed by atoms with Crippen molar-refractivity contribution in [2.24, 2.45) is 0 Å². The Morgan fingerprint density at radius 2 is 1.69 bits per heavy atom. The summed E-state index contributed by atoms with van der Waals surface area (Å²) in [5.74, 6) is 1.10. The van der Waals surface area contributed by atoms with Gasteiger partial charge in [-0.05, 0) is 53.8 Å². The van der Waals surface area contributed by atoms with Crippen LogP contribution in [0.3, 0.4) is 0 Å². The van der Waals surface area contributed by atoms with E-state index in [-0.39, 0.29) is 10.3 Å². The van der Waals surface area contributed by atoms with Crippen molar-refractivity contribution < 1.29 is 13.2 Å². The molecule has 7 heteroatoms. The largest absolute Gasteiger partial charge is 0.455 e. The van der Waals surface area contributed by atoms with Gasteiger partial charge in [0, 0.05) is 18.0 Å². The number of pyridine rings is 1. The van der Waals surface area contributed by atoms with Gasteiger partial charge in [0.2, 0.25) is 0 Å². The van der Waals surface area contributed by atoms with E-state index >= 15 is 0 Å². The molecule has 2 aromatic carbocycles. The topological polar surface area (TPSA) is 68.3 Å². The molecule has 1 aromatic heterocycles. The molecule has 3 rings (SSSR count). The molecule has 0 saturated carbocycles. The number of ether oxygens (including phenoxy) is 1. The second-order valence-electron chi connectivity index (χ2n) is 7.80. The maximum atomic E-state index is 12.7. The van der Waals surface area contributed by atoms with Crippen molar-refractivity contribution in [3.05, 3.63) is 77.1 Å². The van der Waals surface area contributed by atoms with Crippen molar-refractivity contribution in [2.75, 3.05) is 4.72 Å². The van der Waals surface area contributed by atoms with Crippen LogP contribution in [0.5, 0.6) is 11.5 Å². The van der Waals surface area contributed by atoms with E-state index in [0.717, 1.165) is 11.1 Å². The second-order valence-corrected chi connectivity index (χ2v) is 9.92. The Hall–Kier alpha value is -2.57. The van der Waals surface area contributed by atoms with Gasteiger partial charge in [-0.15, -0.1) is 0 Å². The van der Waals surface area contributed by atoms with Crippen LogP contribution in [0.25, 0.3) is 0 Å². The van der Waals surface area contributed by atoms with E-state index in [1.165, 1.54) is 6.20 Å². The molecular weight excluding hydrogens is 408 g/mol. The van der Waals surface area contributed by atoms with Gasteiger partial charge in [-0.25, -0.2) is 8.42 Å². The minimum Gasteiger partial charge on any atom is -0.455 e. The van der Waals surface area contributed by atoms with Crippen LogP contribution in [-0.4, -0.2) is 13.4 Å². The number of aromatic nitrogens is 1. The first-order valence-corrected chi connectivity index (χ1v) is 10.9. The van der Waals surface area contributed by atoms with E-state index < -0.39 is 10.0 Å². The molecule has 0 aliphatic carbocycles. The summed E-state index contributed by atoms with van der Waals surface area (Å²) < 4.78 is 33.8. The standard InChI is InChI=1S/C22H23ClN2O3S/c1-15-11-18(7-10-21(15)28-19-12-17(23)13-24-14-19)25-29(26,27)20-8-5-16(6-9-20)22(2,3)4/h5-14,25H,1-4H3. The zero-order valence-corrected chi connectivity index (χ0v) is 18.3. The van der Waals surface area contributed by atoms with Gasteiger partial charge in [-0.1, -0.05) is 44.5 Å². The molecule has 0 atom stereocenters. The van der Waals surface area contributed by atoms with Crippen LogP contribution in [0.4, 0.5) is 5.69 Å². The van der Waals surface area contributed by atoms with Crippen LogP contribution in [0.1, 0.15) is 31.9 Å². The number of halogens is 1. The number of aryl methyl sites for hydroxylation is 1. The number of hydrogen-bond acceptors (Lipinski definition) is 4. The van der Waals surface area contributed by atoms with Gasteiger partial charge < -0.3 is 4.74 Å². The van der Waals surface area contributed by atoms with E-state index in [0.29, 0.717) is 22.2 Å². The molecular formula is C22H23ClN2O3S. The summed E-state index contributed by atoms with van der Waals surface area (Å²) in [6.45, 7) is 8.09. The molecule has 3 aromatic rings. The molecule has 0 radical (unpaired) electrons. The summed E-state index contributed by atoms with van der Waals surface area (Å²) in [4.78, 5) is 4.20. The summed E-state index contributed by atoms with van der Waals surface area (Å²) in [5, 5.41) is 0.474. The Balaban J connectivity index is 1.78. The fourth-order valence-electron chi connectivity index (χ4n) is 2.75. The molecule has 0 aliphatic heterocycles. The van der Waals surface area contributed by atoms with Crippen molar-refractivity contribution >= 4 is 27.3 Å². The smallest absolute Gasteiger partial charge is 0.261 e. The van der Waals surface area contributed by atoms with Crippen LogP contribution in [0.2, 0.25) is 5.02 Å². The van der Waals surface area contributed by atoms with Crippen molar-refractivity contribution in [3.63, 3.8) is 0 Å². The van der Waals surface area contributed by atoms with Gasteiger partial charge in [0.15, 0.2) is 0 Å². The van der Waals surface area contributed by atoms with Crippen LogP contribution in [0, 0.1) is 6.92 Å². The average molecular weight is 431 g/mol. The van der Waals surface area contributed by atoms with Crippen LogP contribution in [-0.2, 0) is 15.4 Å². The second kappa shape index (κ2) is 8.05. The first-order chi connectivity index (χ1) is 13.5. The lowest BCUT2D eigenvalue weighted by Gasteiger charge is -2.19. The molecule has 5 nitrogen and oxygen atoms in total. The fourth-order valence-corrected chi connectivity index (χ4v) is 3.96. The lowest BCUT2D eigenvalue weighted by Crippen LogP contribution is -2.15. The van der Waals surface area contributed by atoms with Crippen molar-refractivity contribution in [3.8, 4) is 11.5 Å². The van der Waals surface area contributed by atoms with E-state index in [4.69, 9.17) is 16.3 Å². The quantitative estimate of drug-likeness (QED) is 0.544. The molecule has 1 heterocycles. The number of sulfonamides is 1. The van der Waals surface area contributed by atoms with E-state index in [1.54, 1.807) is 42.6 Å². The molecule has 0 spiro atoms. The monoisotopic (exact) mass is 430 g/mol. The summed E-state index contributed by atoms with van der Waals surface area (Å²) in [5.41, 5.74) is 2.26. The number of anilines is 1. The minimum absolute atomic E-state index is 0.0405. The maximum absolute atomic E-state index is 12.7. The Morgan fingerprint density at radius 1 is 1.00 bits per heavy atom. The Morgan fingerprint density at radius 3 is 2.28 bits per heavy atom. The fraction of sp³-hybridized carbons (Fsp3) is 0.227. The predicted octanol–water partition coefficient (Wildman–Crippen LogP) is 5.93. The number of hydrogen-bond donors (Lipinski definition) is 1. The molecule has 29 heavy (non-hydrogen) atoms. The van der Waals surface area contributed by atoms with Gasteiger partial charge in [0.05, 0.1) is 16.1 Å². The number of nitrogens with one attached hydrogen (secondary N) is 1. The molecule has 152 valence electrons. The van der Waals surface area contributed by atoms with E-state index in [1.807, 2.05) is 19.1 Å². The molecule has 0 bridgehead atoms. The molecule has 0 fully saturated rings. The van der Waals surface area contributed by atoms with Crippen molar-refractivity contribution in [2.45, 2.75) is 38.0 Å². The van der Waals surface area contributed by atoms with Crippen molar-refractivity contribution in [1.29, 1.82) is 0 Å². The Bertz CT molecular complexity index is 1120. The molecule has 0 amide bonds. The summed E-state index contributed by atoms with van der Waals surface area (Å²) >= 11 is 5.92. The van der Waals surface area contributed by atoms with E-state index in [9.17, 15) is 8.42 Å². The number of rotatable bonds is 5. The highest BCUT2D eigenvalue weighted by Gasteiger charge is 2.18. The zero-order chi connectivity index (χ0) is 21.2. The molecule has 1 N–H and O–H groups in total. The lowest BCUT2D eigenvalue weighted by molar-refractivity contribution is 0.476. The average Bonchev–Trinajstić information content (AvgIpc) is 2.63. The summed E-state index contributed by atoms with van der Waals surface area (Å²) in [6, 6.07) is 13.7. The lowest BCUT2D eigenvalue weighted by atomic mass is 9.87. The first kappa shape index (κ1) is 21.1. The third-order valence-corrected chi connectivity index (χ3v) is 5.97. The predicted molar refractivity (Wildman–Crippen MR) is 116 cm³/mol. The van der Waals surface area contributed by atoms with Gasteiger partial charge in [0.25, 0.3) is 10.0 Å². The summed E-state index contributed by atoms with van der Waals surface area (Å²) in [7, 11) is -3.69. The molecule has 0 saturated heterocycles. The highest BCUT2D eigenvalue weighted by Crippen LogP contribution is 2.29. The van der Waals surface area contributed by atoms with E-state index in [2.05, 4.69) is 30.5 Å². The van der Waals surface area contributed by atoms with Crippen LogP contribution < -0.4 is 9.46 Å². The number of benzene rings is 2. The highest BCUT2D eigenvalue weighted by atomic mass is 35.5. The molecule has 0 aliphatic rings. The summed E-state index contributed by atoms with van der Waals surface area (Å²) in [6.07, 6.45) is 3.08.